The molecule has 0 radical (unpaired) electrons. The van der Waals surface area contributed by atoms with Crippen LogP contribution in [0.4, 0.5) is 14.9 Å². The molecule has 9 nitrogen and oxygen atoms in total. The molecule has 45 heavy (non-hydrogen) atoms. The molecule has 1 fully saturated rings. The molecule has 3 heterocycles. The molecule has 1 atom stereocenters. The lowest BCUT2D eigenvalue weighted by molar-refractivity contribution is 0.0503. The molecule has 1 N–H and O–H groups in total. The summed E-state index contributed by atoms with van der Waals surface area (Å²) < 4.78 is 35.2. The molecule has 2 aliphatic heterocycles. The van der Waals surface area contributed by atoms with E-state index >= 15 is 4.39 Å². The molecule has 1 saturated heterocycles. The minimum absolute atomic E-state index is 0.00342. The third-order valence-corrected chi connectivity index (χ3v) is 8.21. The van der Waals surface area contributed by atoms with Gasteiger partial charge < -0.3 is 29.0 Å². The summed E-state index contributed by atoms with van der Waals surface area (Å²) in [5.41, 5.74) is -0.368. The van der Waals surface area contributed by atoms with Gasteiger partial charge in [0.25, 0.3) is 0 Å². The van der Waals surface area contributed by atoms with Crippen LogP contribution in [0.1, 0.15) is 44.5 Å². The number of alkyl carbamates (subject to hydrolysis) is 1. The Morgan fingerprint density at radius 1 is 1.02 bits per heavy atom. The number of anilines is 1. The summed E-state index contributed by atoms with van der Waals surface area (Å²) in [6, 6.07) is 16.7. The molecule has 2 aliphatic rings. The predicted octanol–water partition coefficient (Wildman–Crippen LogP) is 6.82. The van der Waals surface area contributed by atoms with E-state index in [2.05, 4.69) is 5.32 Å². The number of aromatic nitrogens is 1. The second-order valence-corrected chi connectivity index (χ2v) is 12.4. The van der Waals surface area contributed by atoms with Crippen molar-refractivity contribution in [1.29, 1.82) is 0 Å². The first-order chi connectivity index (χ1) is 21.5. The van der Waals surface area contributed by atoms with Crippen LogP contribution in [-0.4, -0.2) is 48.0 Å². The maximum absolute atomic E-state index is 16.2. The van der Waals surface area contributed by atoms with E-state index in [4.69, 9.17) is 14.2 Å². The van der Waals surface area contributed by atoms with E-state index in [-0.39, 0.29) is 35.0 Å². The molecule has 5 aromatic rings. The third-order valence-electron chi connectivity index (χ3n) is 8.21. The van der Waals surface area contributed by atoms with Crippen LogP contribution in [0.2, 0.25) is 0 Å². The van der Waals surface area contributed by atoms with Crippen molar-refractivity contribution in [2.24, 2.45) is 0 Å². The predicted molar refractivity (Wildman–Crippen MR) is 171 cm³/mol. The average Bonchev–Trinajstić information content (AvgIpc) is 3.44. The Morgan fingerprint density at radius 2 is 1.80 bits per heavy atom. The molecule has 1 amide bonds. The fourth-order valence-corrected chi connectivity index (χ4v) is 6.36. The number of carbonyl (C=O) groups excluding carboxylic acids is 2. The number of amides is 1. The minimum atomic E-state index is -0.783. The van der Waals surface area contributed by atoms with E-state index in [1.807, 2.05) is 53.4 Å². The zero-order valence-corrected chi connectivity index (χ0v) is 25.4. The second-order valence-electron chi connectivity index (χ2n) is 12.4. The Hall–Kier alpha value is -5.12. The van der Waals surface area contributed by atoms with Crippen LogP contribution >= 0.6 is 0 Å². The number of pyridine rings is 1. The van der Waals surface area contributed by atoms with Gasteiger partial charge in [0.15, 0.2) is 17.3 Å². The molecule has 10 heteroatoms. The van der Waals surface area contributed by atoms with Crippen LogP contribution in [0.15, 0.2) is 65.6 Å². The minimum Gasteiger partial charge on any atom is -0.462 e. The molecule has 0 aliphatic carbocycles. The summed E-state index contributed by atoms with van der Waals surface area (Å²) in [7, 11) is 0. The third kappa shape index (κ3) is 4.81. The van der Waals surface area contributed by atoms with Gasteiger partial charge in [-0.3, -0.25) is 4.79 Å². The fraction of sp³-hybridized carbons (Fsp3) is 0.286. The normalized spacial score (nSPS) is 15.7. The van der Waals surface area contributed by atoms with E-state index in [1.165, 1.54) is 6.20 Å². The number of nitrogens with one attached hydrogen (secondary N) is 1. The number of hydrogen-bond acceptors (Lipinski definition) is 7. The van der Waals surface area contributed by atoms with Crippen molar-refractivity contribution in [3.8, 4) is 17.2 Å². The summed E-state index contributed by atoms with van der Waals surface area (Å²) in [6.45, 7) is 7.84. The van der Waals surface area contributed by atoms with E-state index < -0.39 is 28.9 Å². The molecule has 0 saturated carbocycles. The van der Waals surface area contributed by atoms with Gasteiger partial charge in [0, 0.05) is 24.7 Å². The van der Waals surface area contributed by atoms with E-state index in [0.717, 1.165) is 27.6 Å². The molecular weight excluding hydrogens is 577 g/mol. The Kier molecular flexibility index (Phi) is 6.68. The smallest absolute Gasteiger partial charge is 0.407 e. The topological polar surface area (TPSA) is 99.1 Å². The number of rotatable bonds is 4. The quantitative estimate of drug-likeness (QED) is 0.173. The van der Waals surface area contributed by atoms with Crippen molar-refractivity contribution in [2.75, 3.05) is 24.6 Å². The van der Waals surface area contributed by atoms with Crippen LogP contribution in [0.3, 0.4) is 0 Å². The Bertz CT molecular complexity index is 2120. The molecule has 1 aromatic heterocycles. The summed E-state index contributed by atoms with van der Waals surface area (Å²) >= 11 is 0. The number of fused-ring (bicyclic) bond motifs is 6. The maximum Gasteiger partial charge on any atom is 0.407 e. The van der Waals surface area contributed by atoms with Gasteiger partial charge in [0.2, 0.25) is 5.43 Å². The van der Waals surface area contributed by atoms with Crippen LogP contribution in [0, 0.1) is 5.82 Å². The first-order valence-electron chi connectivity index (χ1n) is 15.0. The molecule has 4 aromatic carbocycles. The lowest BCUT2D eigenvalue weighted by atomic mass is 9.99. The van der Waals surface area contributed by atoms with Gasteiger partial charge >= 0.3 is 12.1 Å². The fourth-order valence-electron chi connectivity index (χ4n) is 6.36. The second kappa shape index (κ2) is 10.5. The first kappa shape index (κ1) is 28.6. The Morgan fingerprint density at radius 3 is 2.58 bits per heavy atom. The number of carbonyl (C=O) groups is 2. The van der Waals surface area contributed by atoms with Crippen LogP contribution in [0.5, 0.6) is 11.5 Å². The zero-order valence-electron chi connectivity index (χ0n) is 25.4. The molecule has 0 bridgehead atoms. The van der Waals surface area contributed by atoms with Crippen molar-refractivity contribution >= 4 is 50.2 Å². The van der Waals surface area contributed by atoms with Gasteiger partial charge in [0.1, 0.15) is 22.4 Å². The number of esters is 1. The summed E-state index contributed by atoms with van der Waals surface area (Å²) in [6.07, 6.45) is 1.47. The molecule has 0 unspecified atom stereocenters. The highest BCUT2D eigenvalue weighted by atomic mass is 19.1. The molecule has 0 spiro atoms. The summed E-state index contributed by atoms with van der Waals surface area (Å²) in [5, 5.41) is 6.71. The highest BCUT2D eigenvalue weighted by Gasteiger charge is 2.35. The van der Waals surface area contributed by atoms with Crippen molar-refractivity contribution in [3.63, 3.8) is 0 Å². The summed E-state index contributed by atoms with van der Waals surface area (Å²) in [5.74, 6) is -0.813. The molecule has 7 rings (SSSR count). The summed E-state index contributed by atoms with van der Waals surface area (Å²) in [4.78, 5) is 40.8. The van der Waals surface area contributed by atoms with E-state index in [1.54, 1.807) is 32.3 Å². The highest BCUT2D eigenvalue weighted by Crippen LogP contribution is 2.50. The maximum atomic E-state index is 16.2. The van der Waals surface area contributed by atoms with Crippen LogP contribution in [-0.2, 0) is 9.47 Å². The largest absolute Gasteiger partial charge is 0.462 e. The van der Waals surface area contributed by atoms with Gasteiger partial charge in [-0.2, -0.15) is 0 Å². The highest BCUT2D eigenvalue weighted by molar-refractivity contribution is 6.11. The number of nitrogens with zero attached hydrogens (tertiary/aromatic N) is 2. The van der Waals surface area contributed by atoms with Crippen LogP contribution < -0.4 is 20.4 Å². The lowest BCUT2D eigenvalue weighted by Crippen LogP contribution is -2.40. The Balaban J connectivity index is 1.42. The van der Waals surface area contributed by atoms with Crippen molar-refractivity contribution in [1.82, 2.24) is 9.88 Å². The van der Waals surface area contributed by atoms with Gasteiger partial charge in [0.05, 0.1) is 23.7 Å². The number of benzene rings is 4. The molecular formula is C35H32FN3O6. The lowest BCUT2D eigenvalue weighted by Gasteiger charge is -2.30. The van der Waals surface area contributed by atoms with Gasteiger partial charge in [-0.15, -0.1) is 0 Å². The van der Waals surface area contributed by atoms with Crippen molar-refractivity contribution < 1.29 is 28.2 Å². The number of halogens is 1. The van der Waals surface area contributed by atoms with Crippen molar-refractivity contribution in [3.05, 3.63) is 82.4 Å². The molecule has 230 valence electrons. The van der Waals surface area contributed by atoms with E-state index in [9.17, 15) is 14.4 Å². The monoisotopic (exact) mass is 609 g/mol. The average molecular weight is 610 g/mol. The number of ether oxygens (including phenoxy) is 3. The SMILES string of the molecule is CCOC(=O)c1cn2c3c(c(N4CC[C@@H](NC(=O)OC(C)(C)C)C4)c(F)cc3c1=O)Oc1c-2ccc2c1ccc1ccccc12. The zero-order chi connectivity index (χ0) is 31.6. The Labute approximate surface area is 258 Å². The van der Waals surface area contributed by atoms with Gasteiger partial charge in [-0.05, 0) is 68.5 Å². The number of hydrogen-bond donors (Lipinski definition) is 1. The van der Waals surface area contributed by atoms with Crippen LogP contribution in [0.25, 0.3) is 38.1 Å². The standard InChI is InChI=1S/C35H32FN3O6/c1-5-43-33(41)25-18-39-27-13-12-22-21-9-7-6-8-19(21)10-11-23(22)31(27)44-32-28(39)24(30(25)40)16-26(36)29(32)38-15-14-20(17-38)37-34(42)45-35(2,3)4/h6-13,16,18,20H,5,14-15,17H2,1-4H3,(H,37,42)/t20-/m1/s1. The van der Waals surface area contributed by atoms with E-state index in [0.29, 0.717) is 36.5 Å². The van der Waals surface area contributed by atoms with Crippen molar-refractivity contribution in [2.45, 2.75) is 45.8 Å². The first-order valence-corrected chi connectivity index (χ1v) is 15.0. The van der Waals surface area contributed by atoms with Gasteiger partial charge in [-0.1, -0.05) is 36.4 Å². The van der Waals surface area contributed by atoms with Gasteiger partial charge in [-0.25, -0.2) is 14.0 Å².